The number of nitrogens with one attached hydrogen (secondary N) is 1. The quantitative estimate of drug-likeness (QED) is 0.784. The number of carbonyl (C=O) groups is 2. The van der Waals surface area contributed by atoms with E-state index in [0.717, 1.165) is 5.56 Å². The van der Waals surface area contributed by atoms with E-state index in [-0.39, 0.29) is 6.54 Å². The second-order valence-corrected chi connectivity index (χ2v) is 3.65. The summed E-state index contributed by atoms with van der Waals surface area (Å²) < 4.78 is 10.3. The number of primary amides is 1. The number of methoxy groups -OCH3 is 2. The molecule has 3 N–H and O–H groups in total. The molecule has 6 nitrogen and oxygen atoms in total. The molecular weight excluding hydrogens is 236 g/mol. The maximum atomic E-state index is 11.8. The van der Waals surface area contributed by atoms with Crippen LogP contribution < -0.4 is 20.5 Å². The number of ether oxygens (including phenoxy) is 2. The minimum absolute atomic E-state index is 0.211. The maximum Gasteiger partial charge on any atom is 0.251 e. The summed E-state index contributed by atoms with van der Waals surface area (Å²) in [6, 6.07) is 3.16. The number of hydrogen-bond acceptors (Lipinski definition) is 4. The van der Waals surface area contributed by atoms with Crippen molar-refractivity contribution < 1.29 is 19.1 Å². The lowest BCUT2D eigenvalue weighted by atomic mass is 10.1. The Bertz CT molecular complexity index is 446. The Labute approximate surface area is 105 Å². The normalized spacial score (nSPS) is 9.72. The first-order valence-electron chi connectivity index (χ1n) is 5.28. The van der Waals surface area contributed by atoms with Gasteiger partial charge in [-0.15, -0.1) is 0 Å². The molecule has 0 fully saturated rings. The third-order valence-electron chi connectivity index (χ3n) is 2.44. The van der Waals surface area contributed by atoms with Gasteiger partial charge in [0, 0.05) is 11.1 Å². The molecule has 0 radical (unpaired) electrons. The van der Waals surface area contributed by atoms with Crippen molar-refractivity contribution in [1.82, 2.24) is 5.32 Å². The molecule has 18 heavy (non-hydrogen) atoms. The Balaban J connectivity index is 3.02. The van der Waals surface area contributed by atoms with Crippen LogP contribution in [-0.2, 0) is 4.79 Å². The highest BCUT2D eigenvalue weighted by molar-refractivity contribution is 5.97. The van der Waals surface area contributed by atoms with E-state index in [4.69, 9.17) is 15.2 Å². The van der Waals surface area contributed by atoms with Crippen LogP contribution in [0, 0.1) is 6.92 Å². The molecule has 0 aliphatic carbocycles. The molecule has 1 rings (SSSR count). The Morgan fingerprint density at radius 3 is 2.11 bits per heavy atom. The molecule has 1 aromatic carbocycles. The fourth-order valence-corrected chi connectivity index (χ4v) is 1.49. The van der Waals surface area contributed by atoms with Crippen molar-refractivity contribution in [2.24, 2.45) is 5.73 Å². The van der Waals surface area contributed by atoms with Gasteiger partial charge in [-0.1, -0.05) is 0 Å². The van der Waals surface area contributed by atoms with Crippen LogP contribution in [0.1, 0.15) is 15.9 Å². The van der Waals surface area contributed by atoms with Crippen LogP contribution in [-0.4, -0.2) is 32.6 Å². The van der Waals surface area contributed by atoms with E-state index < -0.39 is 11.8 Å². The molecule has 2 amide bonds. The summed E-state index contributed by atoms with van der Waals surface area (Å²) in [5, 5.41) is 2.40. The van der Waals surface area contributed by atoms with Crippen LogP contribution >= 0.6 is 0 Å². The molecule has 0 aromatic heterocycles. The van der Waals surface area contributed by atoms with Crippen LogP contribution in [0.15, 0.2) is 12.1 Å². The number of nitrogens with two attached hydrogens (primary N) is 1. The first-order valence-corrected chi connectivity index (χ1v) is 5.28. The monoisotopic (exact) mass is 252 g/mol. The highest BCUT2D eigenvalue weighted by atomic mass is 16.5. The van der Waals surface area contributed by atoms with E-state index in [0.29, 0.717) is 17.1 Å². The van der Waals surface area contributed by atoms with Gasteiger partial charge >= 0.3 is 0 Å². The molecule has 0 spiro atoms. The predicted molar refractivity (Wildman–Crippen MR) is 65.8 cm³/mol. The van der Waals surface area contributed by atoms with Gasteiger partial charge in [-0.2, -0.15) is 0 Å². The zero-order valence-electron chi connectivity index (χ0n) is 10.6. The molecule has 98 valence electrons. The average molecular weight is 252 g/mol. The SMILES string of the molecule is COc1cc(C(=O)NCC(N)=O)cc(OC)c1C. The largest absolute Gasteiger partial charge is 0.496 e. The van der Waals surface area contributed by atoms with Crippen LogP contribution in [0.4, 0.5) is 0 Å². The summed E-state index contributed by atoms with van der Waals surface area (Å²) >= 11 is 0. The van der Waals surface area contributed by atoms with E-state index in [9.17, 15) is 9.59 Å². The molecular formula is C12H16N2O4. The molecule has 0 aliphatic heterocycles. The molecule has 0 saturated carbocycles. The van der Waals surface area contributed by atoms with Crippen LogP contribution in [0.3, 0.4) is 0 Å². The molecule has 0 unspecified atom stereocenters. The van der Waals surface area contributed by atoms with Crippen molar-refractivity contribution >= 4 is 11.8 Å². The summed E-state index contributed by atoms with van der Waals surface area (Å²) in [6.45, 7) is 1.61. The highest BCUT2D eigenvalue weighted by Crippen LogP contribution is 2.29. The summed E-state index contributed by atoms with van der Waals surface area (Å²) in [5.74, 6) is 0.0666. The van der Waals surface area contributed by atoms with Crippen LogP contribution in [0.2, 0.25) is 0 Å². The van der Waals surface area contributed by atoms with Crippen molar-refractivity contribution in [3.63, 3.8) is 0 Å². The van der Waals surface area contributed by atoms with E-state index in [1.54, 1.807) is 12.1 Å². The zero-order chi connectivity index (χ0) is 13.7. The number of amides is 2. The van der Waals surface area contributed by atoms with Crippen molar-refractivity contribution in [3.8, 4) is 11.5 Å². The number of rotatable bonds is 5. The first-order chi connectivity index (χ1) is 8.49. The topological polar surface area (TPSA) is 90.6 Å². The summed E-state index contributed by atoms with van der Waals surface area (Å²) in [7, 11) is 3.01. The van der Waals surface area contributed by atoms with Gasteiger partial charge in [0.05, 0.1) is 20.8 Å². The molecule has 0 saturated heterocycles. The van der Waals surface area contributed by atoms with E-state index >= 15 is 0 Å². The van der Waals surface area contributed by atoms with E-state index in [1.165, 1.54) is 14.2 Å². The van der Waals surface area contributed by atoms with Gasteiger partial charge in [0.15, 0.2) is 0 Å². The van der Waals surface area contributed by atoms with Crippen LogP contribution in [0.25, 0.3) is 0 Å². The van der Waals surface area contributed by atoms with E-state index in [1.807, 2.05) is 6.92 Å². The summed E-state index contributed by atoms with van der Waals surface area (Å²) in [6.07, 6.45) is 0. The maximum absolute atomic E-state index is 11.8. The van der Waals surface area contributed by atoms with Gasteiger partial charge in [0.1, 0.15) is 11.5 Å². The zero-order valence-corrected chi connectivity index (χ0v) is 10.6. The summed E-state index contributed by atoms with van der Waals surface area (Å²) in [5.41, 5.74) is 6.09. The second kappa shape index (κ2) is 5.90. The third-order valence-corrected chi connectivity index (χ3v) is 2.44. The molecule has 0 aliphatic rings. The fraction of sp³-hybridized carbons (Fsp3) is 0.333. The van der Waals surface area contributed by atoms with Crippen molar-refractivity contribution in [1.29, 1.82) is 0 Å². The number of benzene rings is 1. The molecule has 0 bridgehead atoms. The van der Waals surface area contributed by atoms with Gasteiger partial charge in [-0.05, 0) is 19.1 Å². The van der Waals surface area contributed by atoms with Crippen molar-refractivity contribution in [3.05, 3.63) is 23.3 Å². The highest BCUT2D eigenvalue weighted by Gasteiger charge is 2.13. The average Bonchev–Trinajstić information content (AvgIpc) is 2.36. The second-order valence-electron chi connectivity index (χ2n) is 3.65. The molecule has 6 heteroatoms. The first kappa shape index (κ1) is 13.8. The van der Waals surface area contributed by atoms with Gasteiger partial charge in [-0.25, -0.2) is 0 Å². The summed E-state index contributed by atoms with van der Waals surface area (Å²) in [4.78, 5) is 22.4. The Hall–Kier alpha value is -2.24. The minimum atomic E-state index is -0.602. The standard InChI is InChI=1S/C12H16N2O4/c1-7-9(17-2)4-8(5-10(7)18-3)12(16)14-6-11(13)15/h4-5H,6H2,1-3H3,(H2,13,15)(H,14,16). The Kier molecular flexibility index (Phi) is 4.53. The molecule has 0 atom stereocenters. The van der Waals surface area contributed by atoms with Gasteiger partial charge < -0.3 is 20.5 Å². The smallest absolute Gasteiger partial charge is 0.251 e. The number of hydrogen-bond donors (Lipinski definition) is 2. The lowest BCUT2D eigenvalue weighted by Gasteiger charge is -2.12. The van der Waals surface area contributed by atoms with Crippen molar-refractivity contribution in [2.45, 2.75) is 6.92 Å². The van der Waals surface area contributed by atoms with Gasteiger partial charge in [0.2, 0.25) is 5.91 Å². The fourth-order valence-electron chi connectivity index (χ4n) is 1.49. The lowest BCUT2D eigenvalue weighted by molar-refractivity contribution is -0.117. The Morgan fingerprint density at radius 1 is 1.22 bits per heavy atom. The van der Waals surface area contributed by atoms with Gasteiger partial charge in [-0.3, -0.25) is 9.59 Å². The van der Waals surface area contributed by atoms with Crippen molar-refractivity contribution in [2.75, 3.05) is 20.8 Å². The van der Waals surface area contributed by atoms with E-state index in [2.05, 4.69) is 5.32 Å². The lowest BCUT2D eigenvalue weighted by Crippen LogP contribution is -2.33. The Morgan fingerprint density at radius 2 is 1.72 bits per heavy atom. The molecule has 0 heterocycles. The predicted octanol–water partition coefficient (Wildman–Crippen LogP) is 0.227. The minimum Gasteiger partial charge on any atom is -0.496 e. The number of carbonyl (C=O) groups excluding carboxylic acids is 2. The van der Waals surface area contributed by atoms with Crippen LogP contribution in [0.5, 0.6) is 11.5 Å². The van der Waals surface area contributed by atoms with Gasteiger partial charge in [0.25, 0.3) is 5.91 Å². The third kappa shape index (κ3) is 3.13. The molecule has 1 aromatic rings.